The molecule has 1 aliphatic carbocycles. The summed E-state index contributed by atoms with van der Waals surface area (Å²) >= 11 is 1.97. The number of hydrogen-bond acceptors (Lipinski definition) is 4. The molecule has 2 fully saturated rings. The minimum Gasteiger partial charge on any atom is -0.451 e. The number of likely N-dealkylation sites (tertiary alicyclic amines) is 1. The Balaban J connectivity index is 1.59. The average molecular weight is 374 g/mol. The molecule has 1 saturated carbocycles. The van der Waals surface area contributed by atoms with Gasteiger partial charge in [-0.1, -0.05) is 37.5 Å². The molecule has 1 aromatic heterocycles. The Morgan fingerprint density at radius 1 is 1.15 bits per heavy atom. The fourth-order valence-electron chi connectivity index (χ4n) is 4.13. The van der Waals surface area contributed by atoms with Gasteiger partial charge in [0.25, 0.3) is 5.91 Å². The van der Waals surface area contributed by atoms with E-state index in [9.17, 15) is 9.90 Å². The summed E-state index contributed by atoms with van der Waals surface area (Å²) in [6, 6.07) is 7.94. The summed E-state index contributed by atoms with van der Waals surface area (Å²) in [6.07, 6.45) is 7.75. The number of para-hydroxylation sites is 1. The second kappa shape index (κ2) is 8.05. The van der Waals surface area contributed by atoms with Gasteiger partial charge in [0.1, 0.15) is 5.58 Å². The van der Waals surface area contributed by atoms with E-state index in [0.29, 0.717) is 24.1 Å². The van der Waals surface area contributed by atoms with Gasteiger partial charge in [-0.3, -0.25) is 4.79 Å². The molecule has 1 N–H and O–H groups in total. The highest BCUT2D eigenvalue weighted by molar-refractivity contribution is 7.99. The van der Waals surface area contributed by atoms with Crippen molar-refractivity contribution in [3.8, 4) is 0 Å². The third-order valence-electron chi connectivity index (χ3n) is 5.59. The number of hydrogen-bond donors (Lipinski definition) is 1. The Morgan fingerprint density at radius 2 is 1.96 bits per heavy atom. The van der Waals surface area contributed by atoms with Crippen LogP contribution in [0.3, 0.4) is 0 Å². The maximum absolute atomic E-state index is 13.1. The molecule has 0 bridgehead atoms. The Morgan fingerprint density at radius 3 is 2.77 bits per heavy atom. The first kappa shape index (κ1) is 17.9. The van der Waals surface area contributed by atoms with Gasteiger partial charge in [-0.05, 0) is 31.7 Å². The van der Waals surface area contributed by atoms with Crippen LogP contribution in [0.2, 0.25) is 0 Å². The van der Waals surface area contributed by atoms with Gasteiger partial charge in [0.15, 0.2) is 5.76 Å². The third kappa shape index (κ3) is 3.79. The van der Waals surface area contributed by atoms with Crippen molar-refractivity contribution in [3.05, 3.63) is 35.6 Å². The van der Waals surface area contributed by atoms with Crippen LogP contribution in [0.5, 0.6) is 0 Å². The molecule has 4 rings (SSSR count). The van der Waals surface area contributed by atoms with E-state index in [-0.39, 0.29) is 5.91 Å². The van der Waals surface area contributed by atoms with Gasteiger partial charge in [-0.25, -0.2) is 0 Å². The Kier molecular flexibility index (Phi) is 5.55. The summed E-state index contributed by atoms with van der Waals surface area (Å²) in [5.74, 6) is 1.22. The molecule has 140 valence electrons. The second-order valence-corrected chi connectivity index (χ2v) is 8.81. The van der Waals surface area contributed by atoms with Gasteiger partial charge < -0.3 is 14.4 Å². The Bertz CT molecular complexity index is 766. The minimum absolute atomic E-state index is 0.0702. The molecule has 5 heteroatoms. The zero-order chi connectivity index (χ0) is 17.9. The van der Waals surface area contributed by atoms with Crippen LogP contribution >= 0.6 is 11.8 Å². The van der Waals surface area contributed by atoms with Gasteiger partial charge in [0, 0.05) is 35.0 Å². The number of nitrogens with zero attached hydrogens (tertiary/aromatic N) is 1. The number of β-amino-alcohol motifs (C(OH)–C–C–N with tert-alkyl or cyclic N) is 1. The highest BCUT2D eigenvalue weighted by Crippen LogP contribution is 2.35. The molecule has 1 unspecified atom stereocenters. The number of aliphatic hydroxyl groups excluding tert-OH is 1. The average Bonchev–Trinajstić information content (AvgIpc) is 3.05. The van der Waals surface area contributed by atoms with E-state index in [0.717, 1.165) is 35.1 Å². The smallest absolute Gasteiger partial charge is 0.290 e. The van der Waals surface area contributed by atoms with Crippen molar-refractivity contribution in [2.24, 2.45) is 0 Å². The van der Waals surface area contributed by atoms with Crippen LogP contribution in [-0.2, 0) is 5.75 Å². The number of carbonyl (C=O) groups is 1. The van der Waals surface area contributed by atoms with E-state index < -0.39 is 6.10 Å². The quantitative estimate of drug-likeness (QED) is 0.851. The minimum atomic E-state index is -0.419. The topological polar surface area (TPSA) is 53.7 Å². The molecule has 1 aliphatic heterocycles. The Labute approximate surface area is 158 Å². The van der Waals surface area contributed by atoms with Crippen molar-refractivity contribution >= 4 is 28.6 Å². The number of furan rings is 1. The molecule has 1 amide bonds. The van der Waals surface area contributed by atoms with Crippen LogP contribution in [0.15, 0.2) is 28.7 Å². The van der Waals surface area contributed by atoms with Gasteiger partial charge in [-0.15, -0.1) is 0 Å². The molecule has 2 aliphatic rings. The summed E-state index contributed by atoms with van der Waals surface area (Å²) in [5, 5.41) is 11.7. The van der Waals surface area contributed by atoms with Gasteiger partial charge in [0.05, 0.1) is 6.10 Å². The van der Waals surface area contributed by atoms with Gasteiger partial charge in [0.2, 0.25) is 0 Å². The number of aliphatic hydroxyl groups is 1. The van der Waals surface area contributed by atoms with Crippen molar-refractivity contribution in [1.82, 2.24) is 4.90 Å². The molecule has 1 aromatic carbocycles. The largest absolute Gasteiger partial charge is 0.451 e. The number of carbonyl (C=O) groups excluding carboxylic acids is 1. The fraction of sp³-hybridized carbons (Fsp3) is 0.571. The molecular weight excluding hydrogens is 346 g/mol. The number of piperidine rings is 1. The van der Waals surface area contributed by atoms with Gasteiger partial charge in [-0.2, -0.15) is 11.8 Å². The highest BCUT2D eigenvalue weighted by atomic mass is 32.2. The van der Waals surface area contributed by atoms with E-state index in [1.54, 1.807) is 4.90 Å². The van der Waals surface area contributed by atoms with Crippen LogP contribution in [0.25, 0.3) is 11.0 Å². The normalized spacial score (nSPS) is 22.0. The molecule has 1 saturated heterocycles. The summed E-state index contributed by atoms with van der Waals surface area (Å²) in [4.78, 5) is 14.8. The van der Waals surface area contributed by atoms with Gasteiger partial charge >= 0.3 is 0 Å². The zero-order valence-corrected chi connectivity index (χ0v) is 16.0. The summed E-state index contributed by atoms with van der Waals surface area (Å²) < 4.78 is 6.00. The predicted molar refractivity (Wildman–Crippen MR) is 106 cm³/mol. The predicted octanol–water partition coefficient (Wildman–Crippen LogP) is 4.60. The SMILES string of the molecule is O=C(c1oc2ccccc2c1CSC1CCCCC1)N1CCCC(O)C1. The maximum atomic E-state index is 13.1. The fourth-order valence-corrected chi connectivity index (χ4v) is 5.49. The number of rotatable bonds is 4. The van der Waals surface area contributed by atoms with E-state index >= 15 is 0 Å². The molecule has 26 heavy (non-hydrogen) atoms. The molecule has 1 atom stereocenters. The first-order valence-corrected chi connectivity index (χ1v) is 10.9. The standard InChI is InChI=1S/C21H27NO3S/c23-15-7-6-12-22(13-15)21(24)20-18(14-26-16-8-2-1-3-9-16)17-10-4-5-11-19(17)25-20/h4-5,10-11,15-16,23H,1-3,6-9,12-14H2. The number of benzene rings is 1. The maximum Gasteiger partial charge on any atom is 0.290 e. The van der Waals surface area contributed by atoms with Crippen molar-refractivity contribution < 1.29 is 14.3 Å². The van der Waals surface area contributed by atoms with Crippen molar-refractivity contribution in [2.75, 3.05) is 13.1 Å². The zero-order valence-electron chi connectivity index (χ0n) is 15.2. The lowest BCUT2D eigenvalue weighted by molar-refractivity contribution is 0.0449. The number of fused-ring (bicyclic) bond motifs is 1. The lowest BCUT2D eigenvalue weighted by Crippen LogP contribution is -2.42. The number of amides is 1. The molecule has 0 spiro atoms. The van der Waals surface area contributed by atoms with Crippen LogP contribution in [0, 0.1) is 0 Å². The lowest BCUT2D eigenvalue weighted by Gasteiger charge is -2.29. The van der Waals surface area contributed by atoms with Crippen molar-refractivity contribution in [1.29, 1.82) is 0 Å². The molecule has 4 nitrogen and oxygen atoms in total. The molecular formula is C21H27NO3S. The summed E-state index contributed by atoms with van der Waals surface area (Å²) in [6.45, 7) is 1.10. The second-order valence-electron chi connectivity index (χ2n) is 7.52. The van der Waals surface area contributed by atoms with Crippen LogP contribution in [-0.4, -0.2) is 40.4 Å². The molecule has 0 radical (unpaired) electrons. The molecule has 2 aromatic rings. The molecule has 2 heterocycles. The van der Waals surface area contributed by atoms with Crippen LogP contribution < -0.4 is 0 Å². The third-order valence-corrected chi connectivity index (χ3v) is 6.99. The lowest BCUT2D eigenvalue weighted by atomic mass is 10.0. The van der Waals surface area contributed by atoms with Crippen molar-refractivity contribution in [2.45, 2.75) is 62.1 Å². The highest BCUT2D eigenvalue weighted by Gasteiger charge is 2.29. The number of thioether (sulfide) groups is 1. The van der Waals surface area contributed by atoms with Crippen molar-refractivity contribution in [3.63, 3.8) is 0 Å². The van der Waals surface area contributed by atoms with E-state index in [2.05, 4.69) is 6.07 Å². The summed E-state index contributed by atoms with van der Waals surface area (Å²) in [5.41, 5.74) is 1.81. The van der Waals surface area contributed by atoms with E-state index in [1.807, 2.05) is 30.0 Å². The first-order valence-electron chi connectivity index (χ1n) is 9.81. The first-order chi connectivity index (χ1) is 12.7. The van der Waals surface area contributed by atoms with E-state index in [1.165, 1.54) is 32.1 Å². The van der Waals surface area contributed by atoms with Crippen LogP contribution in [0.1, 0.15) is 61.1 Å². The summed E-state index contributed by atoms with van der Waals surface area (Å²) in [7, 11) is 0. The Hall–Kier alpha value is -1.46. The van der Waals surface area contributed by atoms with Crippen LogP contribution in [0.4, 0.5) is 0 Å². The van der Waals surface area contributed by atoms with E-state index in [4.69, 9.17) is 4.42 Å². The monoisotopic (exact) mass is 373 g/mol.